The molecule has 1 heterocycles. The number of ether oxygens (including phenoxy) is 2. The quantitative estimate of drug-likeness (QED) is 0.651. The van der Waals surface area contributed by atoms with E-state index < -0.39 is 0 Å². The zero-order valence-corrected chi connectivity index (χ0v) is 15.9. The van der Waals surface area contributed by atoms with Crippen LogP contribution in [0.15, 0.2) is 48.5 Å². The molecule has 3 rings (SSSR count). The van der Waals surface area contributed by atoms with Crippen LogP contribution in [-0.4, -0.2) is 37.7 Å². The fourth-order valence-electron chi connectivity index (χ4n) is 2.93. The monoisotopic (exact) mass is 383 g/mol. The molecular formula is C21H25N3O4. The van der Waals surface area contributed by atoms with Gasteiger partial charge in [0.05, 0.1) is 12.6 Å². The first kappa shape index (κ1) is 19.7. The molecule has 1 unspecified atom stereocenters. The Labute approximate surface area is 164 Å². The number of amides is 2. The maximum Gasteiger partial charge on any atom is 0.243 e. The zero-order chi connectivity index (χ0) is 19.8. The highest BCUT2D eigenvalue weighted by atomic mass is 16.5. The second-order valence-electron chi connectivity index (χ2n) is 6.64. The largest absolute Gasteiger partial charge is 0.491 e. The minimum Gasteiger partial charge on any atom is -0.491 e. The van der Waals surface area contributed by atoms with Crippen LogP contribution in [-0.2, 0) is 14.3 Å². The standard InChI is InChI=1S/C21H25N3O4/c1-15(25)23-17-6-2-5-16(11-17)22-13-21(26)24-18-7-3-8-19(12-18)28-14-20-9-4-10-27-20/h2-3,5-8,11-12,20,22H,4,9-10,13-14H2,1H3,(H,23,25)(H,24,26). The molecule has 148 valence electrons. The first-order chi connectivity index (χ1) is 13.6. The second-order valence-corrected chi connectivity index (χ2v) is 6.64. The highest BCUT2D eigenvalue weighted by molar-refractivity contribution is 5.94. The van der Waals surface area contributed by atoms with E-state index in [9.17, 15) is 9.59 Å². The lowest BCUT2D eigenvalue weighted by atomic mass is 10.2. The predicted octanol–water partition coefficient (Wildman–Crippen LogP) is 3.25. The Bertz CT molecular complexity index is 819. The van der Waals surface area contributed by atoms with E-state index in [1.807, 2.05) is 24.3 Å². The van der Waals surface area contributed by atoms with Gasteiger partial charge in [-0.1, -0.05) is 12.1 Å². The number of carbonyl (C=O) groups is 2. The van der Waals surface area contributed by atoms with Gasteiger partial charge in [0.1, 0.15) is 12.4 Å². The molecule has 0 aromatic heterocycles. The lowest BCUT2D eigenvalue weighted by Crippen LogP contribution is -2.22. The van der Waals surface area contributed by atoms with E-state index in [-0.39, 0.29) is 24.5 Å². The van der Waals surface area contributed by atoms with Gasteiger partial charge in [-0.25, -0.2) is 0 Å². The molecule has 0 saturated carbocycles. The van der Waals surface area contributed by atoms with Crippen molar-refractivity contribution in [3.63, 3.8) is 0 Å². The molecule has 2 aromatic carbocycles. The number of hydrogen-bond acceptors (Lipinski definition) is 5. The number of carbonyl (C=O) groups excluding carboxylic acids is 2. The summed E-state index contributed by atoms with van der Waals surface area (Å²) >= 11 is 0. The van der Waals surface area contributed by atoms with E-state index in [0.717, 1.165) is 25.1 Å². The second kappa shape index (κ2) is 9.75. The zero-order valence-electron chi connectivity index (χ0n) is 15.9. The van der Waals surface area contributed by atoms with Crippen LogP contribution in [0.3, 0.4) is 0 Å². The molecule has 1 fully saturated rings. The van der Waals surface area contributed by atoms with Gasteiger partial charge in [-0.05, 0) is 43.2 Å². The van der Waals surface area contributed by atoms with Gasteiger partial charge in [0.2, 0.25) is 11.8 Å². The Morgan fingerprint density at radius 2 is 1.82 bits per heavy atom. The molecule has 3 N–H and O–H groups in total. The summed E-state index contributed by atoms with van der Waals surface area (Å²) in [6, 6.07) is 14.5. The molecule has 7 heteroatoms. The van der Waals surface area contributed by atoms with Crippen LogP contribution in [0.1, 0.15) is 19.8 Å². The third kappa shape index (κ3) is 6.28. The van der Waals surface area contributed by atoms with Crippen molar-refractivity contribution in [1.82, 2.24) is 0 Å². The first-order valence-corrected chi connectivity index (χ1v) is 9.34. The van der Waals surface area contributed by atoms with Crippen LogP contribution < -0.4 is 20.7 Å². The minimum absolute atomic E-state index is 0.102. The van der Waals surface area contributed by atoms with E-state index >= 15 is 0 Å². The Hall–Kier alpha value is -3.06. The number of nitrogens with one attached hydrogen (secondary N) is 3. The van der Waals surface area contributed by atoms with Gasteiger partial charge in [-0.3, -0.25) is 9.59 Å². The summed E-state index contributed by atoms with van der Waals surface area (Å²) in [6.07, 6.45) is 2.24. The molecule has 1 aliphatic rings. The van der Waals surface area contributed by atoms with E-state index in [1.54, 1.807) is 24.3 Å². The molecule has 0 aliphatic carbocycles. The average Bonchev–Trinajstić information content (AvgIpc) is 3.19. The third-order valence-electron chi connectivity index (χ3n) is 4.21. The summed E-state index contributed by atoms with van der Waals surface area (Å²) in [5, 5.41) is 8.60. The van der Waals surface area contributed by atoms with E-state index in [2.05, 4.69) is 16.0 Å². The van der Waals surface area contributed by atoms with Crippen LogP contribution in [0.2, 0.25) is 0 Å². The number of benzene rings is 2. The summed E-state index contributed by atoms with van der Waals surface area (Å²) in [5.74, 6) is 0.377. The molecule has 2 aromatic rings. The van der Waals surface area contributed by atoms with Crippen molar-refractivity contribution >= 4 is 28.9 Å². The van der Waals surface area contributed by atoms with Crippen molar-refractivity contribution in [3.05, 3.63) is 48.5 Å². The maximum atomic E-state index is 12.2. The van der Waals surface area contributed by atoms with Crippen LogP contribution in [0.5, 0.6) is 5.75 Å². The van der Waals surface area contributed by atoms with Gasteiger partial charge in [0.25, 0.3) is 0 Å². The third-order valence-corrected chi connectivity index (χ3v) is 4.21. The average molecular weight is 383 g/mol. The van der Waals surface area contributed by atoms with Crippen molar-refractivity contribution < 1.29 is 19.1 Å². The van der Waals surface area contributed by atoms with Gasteiger partial charge in [0.15, 0.2) is 0 Å². The number of anilines is 3. The van der Waals surface area contributed by atoms with E-state index in [1.165, 1.54) is 6.92 Å². The SMILES string of the molecule is CC(=O)Nc1cccc(NCC(=O)Nc2cccc(OCC3CCCO3)c2)c1. The van der Waals surface area contributed by atoms with E-state index in [4.69, 9.17) is 9.47 Å². The molecule has 0 radical (unpaired) electrons. The van der Waals surface area contributed by atoms with Gasteiger partial charge < -0.3 is 25.4 Å². The van der Waals surface area contributed by atoms with Crippen LogP contribution >= 0.6 is 0 Å². The Balaban J connectivity index is 1.48. The smallest absolute Gasteiger partial charge is 0.243 e. The van der Waals surface area contributed by atoms with Gasteiger partial charge in [-0.15, -0.1) is 0 Å². The molecule has 7 nitrogen and oxygen atoms in total. The normalized spacial score (nSPS) is 15.7. The van der Waals surface area contributed by atoms with Crippen molar-refractivity contribution in [3.8, 4) is 5.75 Å². The highest BCUT2D eigenvalue weighted by Crippen LogP contribution is 2.20. The number of hydrogen-bond donors (Lipinski definition) is 3. The fraction of sp³-hybridized carbons (Fsp3) is 0.333. The molecule has 1 atom stereocenters. The summed E-state index contributed by atoms with van der Waals surface area (Å²) in [5.41, 5.74) is 2.09. The summed E-state index contributed by atoms with van der Waals surface area (Å²) < 4.78 is 11.3. The van der Waals surface area contributed by atoms with Crippen molar-refractivity contribution in [2.45, 2.75) is 25.9 Å². The van der Waals surface area contributed by atoms with Gasteiger partial charge in [0, 0.05) is 36.7 Å². The lowest BCUT2D eigenvalue weighted by Gasteiger charge is -2.13. The molecule has 0 spiro atoms. The molecule has 1 saturated heterocycles. The summed E-state index contributed by atoms with van der Waals surface area (Å²) in [6.45, 7) is 2.87. The predicted molar refractivity (Wildman–Crippen MR) is 109 cm³/mol. The Morgan fingerprint density at radius 1 is 1.07 bits per heavy atom. The highest BCUT2D eigenvalue weighted by Gasteiger charge is 2.16. The van der Waals surface area contributed by atoms with Crippen LogP contribution in [0.4, 0.5) is 17.1 Å². The fourth-order valence-corrected chi connectivity index (χ4v) is 2.93. The Kier molecular flexibility index (Phi) is 6.86. The number of rotatable bonds is 8. The summed E-state index contributed by atoms with van der Waals surface area (Å²) in [7, 11) is 0. The first-order valence-electron chi connectivity index (χ1n) is 9.34. The molecule has 2 amide bonds. The van der Waals surface area contributed by atoms with Gasteiger partial charge >= 0.3 is 0 Å². The molecule has 1 aliphatic heterocycles. The topological polar surface area (TPSA) is 88.7 Å². The minimum atomic E-state index is -0.179. The Morgan fingerprint density at radius 3 is 2.57 bits per heavy atom. The van der Waals surface area contributed by atoms with Crippen LogP contribution in [0, 0.1) is 0 Å². The van der Waals surface area contributed by atoms with E-state index in [0.29, 0.717) is 23.7 Å². The van der Waals surface area contributed by atoms with Crippen molar-refractivity contribution in [1.29, 1.82) is 0 Å². The van der Waals surface area contributed by atoms with Crippen molar-refractivity contribution in [2.24, 2.45) is 0 Å². The molecule has 0 bridgehead atoms. The summed E-state index contributed by atoms with van der Waals surface area (Å²) in [4.78, 5) is 23.4. The molecule has 28 heavy (non-hydrogen) atoms. The van der Waals surface area contributed by atoms with Gasteiger partial charge in [-0.2, -0.15) is 0 Å². The lowest BCUT2D eigenvalue weighted by molar-refractivity contribution is -0.115. The molecular weight excluding hydrogens is 358 g/mol. The maximum absolute atomic E-state index is 12.2. The van der Waals surface area contributed by atoms with Crippen molar-refractivity contribution in [2.75, 3.05) is 35.7 Å². The van der Waals surface area contributed by atoms with Crippen LogP contribution in [0.25, 0.3) is 0 Å².